The molecule has 0 fully saturated rings. The quantitative estimate of drug-likeness (QED) is 0.702. The van der Waals surface area contributed by atoms with Crippen LogP contribution in [0.2, 0.25) is 0 Å². The number of fused-ring (bicyclic) bond motifs is 2. The Balaban J connectivity index is 1.82. The summed E-state index contributed by atoms with van der Waals surface area (Å²) < 4.78 is 2.71. The number of hydrogen-bond donors (Lipinski definition) is 0. The summed E-state index contributed by atoms with van der Waals surface area (Å²) in [7, 11) is 0. The van der Waals surface area contributed by atoms with Crippen LogP contribution in [-0.4, -0.2) is 21.6 Å². The zero-order chi connectivity index (χ0) is 19.8. The molecular weight excluding hydrogens is 354 g/mol. The summed E-state index contributed by atoms with van der Waals surface area (Å²) in [6.07, 6.45) is 1.46. The second-order valence-corrected chi connectivity index (χ2v) is 7.24. The summed E-state index contributed by atoms with van der Waals surface area (Å²) >= 11 is 0. The minimum absolute atomic E-state index is 0.0929. The molecule has 0 bridgehead atoms. The van der Waals surface area contributed by atoms with Crippen molar-refractivity contribution in [1.29, 1.82) is 0 Å². The molecule has 6 heteroatoms. The van der Waals surface area contributed by atoms with Crippen molar-refractivity contribution in [3.63, 3.8) is 0 Å². The molecule has 1 amide bonds. The number of carbonyl (C=O) groups excluding carboxylic acids is 1. The van der Waals surface area contributed by atoms with Gasteiger partial charge < -0.3 is 4.90 Å². The van der Waals surface area contributed by atoms with Gasteiger partial charge in [0.25, 0.3) is 5.56 Å². The average molecular weight is 377 g/mol. The van der Waals surface area contributed by atoms with Gasteiger partial charge in [0.1, 0.15) is 6.54 Å². The Morgan fingerprint density at radius 1 is 1.07 bits per heavy atom. The Kier molecular flexibility index (Phi) is 4.63. The summed E-state index contributed by atoms with van der Waals surface area (Å²) in [5.74, 6) is -0.147. The molecule has 2 aromatic carbocycles. The van der Waals surface area contributed by atoms with Crippen molar-refractivity contribution in [1.82, 2.24) is 9.13 Å². The largest absolute Gasteiger partial charge is 0.332 e. The van der Waals surface area contributed by atoms with Crippen LogP contribution in [0.4, 0.5) is 5.69 Å². The standard InChI is InChI=1S/C22H23N3O3/c1-3-15(2)25-21(27)17-9-5-7-11-19(17)24(22(25)28)14-20(26)23-13-12-16-8-4-6-10-18(16)23/h4-11,15H,3,12-14H2,1-2H3/t15-/m0/s1. The predicted octanol–water partition coefficient (Wildman–Crippen LogP) is 2.72. The van der Waals surface area contributed by atoms with Gasteiger partial charge in [0.2, 0.25) is 5.91 Å². The van der Waals surface area contributed by atoms with Gasteiger partial charge in [0.05, 0.1) is 10.9 Å². The highest BCUT2D eigenvalue weighted by molar-refractivity contribution is 5.96. The molecule has 1 atom stereocenters. The Labute approximate surface area is 162 Å². The van der Waals surface area contributed by atoms with E-state index in [9.17, 15) is 14.4 Å². The number of rotatable bonds is 4. The topological polar surface area (TPSA) is 64.3 Å². The second kappa shape index (κ2) is 7.11. The molecule has 28 heavy (non-hydrogen) atoms. The van der Waals surface area contributed by atoms with Crippen LogP contribution in [0, 0.1) is 0 Å². The van der Waals surface area contributed by atoms with Crippen molar-refractivity contribution in [2.24, 2.45) is 0 Å². The van der Waals surface area contributed by atoms with Crippen LogP contribution in [0.1, 0.15) is 31.9 Å². The van der Waals surface area contributed by atoms with E-state index in [0.717, 1.165) is 17.7 Å². The van der Waals surface area contributed by atoms with Crippen molar-refractivity contribution in [3.05, 3.63) is 74.9 Å². The molecule has 0 spiro atoms. The van der Waals surface area contributed by atoms with Crippen LogP contribution < -0.4 is 16.1 Å². The van der Waals surface area contributed by atoms with E-state index in [4.69, 9.17) is 0 Å². The van der Waals surface area contributed by atoms with Crippen molar-refractivity contribution >= 4 is 22.5 Å². The third kappa shape index (κ3) is 2.85. The van der Waals surface area contributed by atoms with Gasteiger partial charge in [0, 0.05) is 18.3 Å². The molecule has 3 aromatic rings. The summed E-state index contributed by atoms with van der Waals surface area (Å²) in [4.78, 5) is 40.8. The number of hydrogen-bond acceptors (Lipinski definition) is 3. The Hall–Kier alpha value is -3.15. The zero-order valence-corrected chi connectivity index (χ0v) is 16.1. The van der Waals surface area contributed by atoms with Crippen molar-refractivity contribution in [2.75, 3.05) is 11.4 Å². The first-order valence-corrected chi connectivity index (χ1v) is 9.65. The molecule has 0 saturated carbocycles. The van der Waals surface area contributed by atoms with E-state index in [2.05, 4.69) is 0 Å². The molecule has 1 aliphatic heterocycles. The van der Waals surface area contributed by atoms with E-state index in [-0.39, 0.29) is 24.1 Å². The monoisotopic (exact) mass is 377 g/mol. The second-order valence-electron chi connectivity index (χ2n) is 7.24. The van der Waals surface area contributed by atoms with Crippen LogP contribution in [0.25, 0.3) is 10.9 Å². The molecule has 0 aliphatic carbocycles. The van der Waals surface area contributed by atoms with Gasteiger partial charge in [-0.05, 0) is 43.5 Å². The highest BCUT2D eigenvalue weighted by Gasteiger charge is 2.26. The summed E-state index contributed by atoms with van der Waals surface area (Å²) in [5, 5.41) is 0.456. The van der Waals surface area contributed by atoms with Crippen molar-refractivity contribution in [2.45, 2.75) is 39.3 Å². The number of para-hydroxylation sites is 2. The fraction of sp³-hybridized carbons (Fsp3) is 0.318. The van der Waals surface area contributed by atoms with E-state index in [0.29, 0.717) is 23.9 Å². The van der Waals surface area contributed by atoms with Crippen LogP contribution in [-0.2, 0) is 17.8 Å². The van der Waals surface area contributed by atoms with Gasteiger partial charge in [-0.25, -0.2) is 4.79 Å². The van der Waals surface area contributed by atoms with Crippen molar-refractivity contribution in [3.8, 4) is 0 Å². The lowest BCUT2D eigenvalue weighted by Crippen LogP contribution is -2.44. The minimum atomic E-state index is -0.432. The Bertz CT molecular complexity index is 1180. The number of anilines is 1. The smallest absolute Gasteiger partial charge is 0.310 e. The lowest BCUT2D eigenvalue weighted by molar-refractivity contribution is -0.119. The van der Waals surface area contributed by atoms with Crippen molar-refractivity contribution < 1.29 is 4.79 Å². The van der Waals surface area contributed by atoms with E-state index >= 15 is 0 Å². The minimum Gasteiger partial charge on any atom is -0.310 e. The number of aromatic nitrogens is 2. The molecule has 1 aromatic heterocycles. The molecule has 0 radical (unpaired) electrons. The fourth-order valence-electron chi connectivity index (χ4n) is 3.88. The van der Waals surface area contributed by atoms with Crippen LogP contribution in [0.15, 0.2) is 58.1 Å². The normalized spacial score (nSPS) is 14.3. The molecule has 4 rings (SSSR count). The molecule has 2 heterocycles. The van der Waals surface area contributed by atoms with Gasteiger partial charge in [-0.15, -0.1) is 0 Å². The first-order chi connectivity index (χ1) is 13.5. The molecule has 6 nitrogen and oxygen atoms in total. The summed E-state index contributed by atoms with van der Waals surface area (Å²) in [5.41, 5.74) is 1.81. The molecule has 0 unspecified atom stereocenters. The van der Waals surface area contributed by atoms with Gasteiger partial charge in [-0.1, -0.05) is 37.3 Å². The first kappa shape index (κ1) is 18.2. The third-order valence-corrected chi connectivity index (χ3v) is 5.59. The number of amides is 1. The maximum absolute atomic E-state index is 13.2. The van der Waals surface area contributed by atoms with E-state index in [1.165, 1.54) is 9.13 Å². The summed E-state index contributed by atoms with van der Waals surface area (Å²) in [6.45, 7) is 4.29. The molecule has 144 valence electrons. The van der Waals surface area contributed by atoms with E-state index in [1.807, 2.05) is 38.1 Å². The van der Waals surface area contributed by atoms with Crippen LogP contribution >= 0.6 is 0 Å². The van der Waals surface area contributed by atoms with E-state index in [1.54, 1.807) is 29.2 Å². The lowest BCUT2D eigenvalue weighted by atomic mass is 10.2. The molecule has 1 aliphatic rings. The third-order valence-electron chi connectivity index (χ3n) is 5.59. The predicted molar refractivity (Wildman–Crippen MR) is 110 cm³/mol. The molecule has 0 N–H and O–H groups in total. The maximum Gasteiger partial charge on any atom is 0.332 e. The van der Waals surface area contributed by atoms with Crippen LogP contribution in [0.3, 0.4) is 0 Å². The highest BCUT2D eigenvalue weighted by Crippen LogP contribution is 2.27. The zero-order valence-electron chi connectivity index (χ0n) is 16.1. The lowest BCUT2D eigenvalue weighted by Gasteiger charge is -2.21. The number of benzene rings is 2. The van der Waals surface area contributed by atoms with E-state index < -0.39 is 5.69 Å². The molecule has 0 saturated heterocycles. The Morgan fingerprint density at radius 3 is 2.57 bits per heavy atom. The SMILES string of the molecule is CC[C@H](C)n1c(=O)c2ccccc2n(CC(=O)N2CCc3ccccc32)c1=O. The van der Waals surface area contributed by atoms with Gasteiger partial charge in [-0.2, -0.15) is 0 Å². The average Bonchev–Trinajstić information content (AvgIpc) is 3.15. The highest BCUT2D eigenvalue weighted by atomic mass is 16.2. The Morgan fingerprint density at radius 2 is 1.79 bits per heavy atom. The van der Waals surface area contributed by atoms with Crippen LogP contribution in [0.5, 0.6) is 0 Å². The summed E-state index contributed by atoms with van der Waals surface area (Å²) in [6, 6.07) is 14.6. The first-order valence-electron chi connectivity index (χ1n) is 9.65. The number of carbonyl (C=O) groups is 1. The van der Waals surface area contributed by atoms with Gasteiger partial charge in [-0.3, -0.25) is 18.7 Å². The van der Waals surface area contributed by atoms with Gasteiger partial charge in [0.15, 0.2) is 0 Å². The fourth-order valence-corrected chi connectivity index (χ4v) is 3.88. The molecular formula is C22H23N3O3. The van der Waals surface area contributed by atoms with Gasteiger partial charge >= 0.3 is 5.69 Å². The maximum atomic E-state index is 13.2. The number of nitrogens with zero attached hydrogens (tertiary/aromatic N) is 3.